The van der Waals surface area contributed by atoms with Gasteiger partial charge in [0.25, 0.3) is 5.09 Å². The SMILES string of the molecule is COC1=CC=C2c3c(cc(OC(=O)c4cccc(CO[N+](=O)[O-])c4)c(OC)c3OC)CC[C@H](NC(C)=O)C2CC1=O. The van der Waals surface area contributed by atoms with Gasteiger partial charge in [-0.3, -0.25) is 9.59 Å². The summed E-state index contributed by atoms with van der Waals surface area (Å²) in [6, 6.07) is 7.44. The first-order valence-corrected chi connectivity index (χ1v) is 12.8. The van der Waals surface area contributed by atoms with Gasteiger partial charge in [0.1, 0.15) is 6.61 Å². The number of esters is 1. The van der Waals surface area contributed by atoms with Crippen molar-refractivity contribution in [2.45, 2.75) is 38.8 Å². The summed E-state index contributed by atoms with van der Waals surface area (Å²) in [6.07, 6.45) is 4.48. The Hall–Kier alpha value is -4.87. The van der Waals surface area contributed by atoms with Gasteiger partial charge in [-0.05, 0) is 53.8 Å². The highest BCUT2D eigenvalue weighted by Crippen LogP contribution is 2.50. The van der Waals surface area contributed by atoms with E-state index in [1.54, 1.807) is 30.4 Å². The van der Waals surface area contributed by atoms with Gasteiger partial charge in [0.15, 0.2) is 23.0 Å². The van der Waals surface area contributed by atoms with Gasteiger partial charge >= 0.3 is 5.97 Å². The average molecular weight is 567 g/mol. The summed E-state index contributed by atoms with van der Waals surface area (Å²) in [5.41, 5.74) is 2.77. The number of aryl methyl sites for hydroxylation is 1. The van der Waals surface area contributed by atoms with Gasteiger partial charge in [0.2, 0.25) is 11.7 Å². The predicted molar refractivity (Wildman–Crippen MR) is 145 cm³/mol. The topological polar surface area (TPSA) is 153 Å². The maximum atomic E-state index is 13.1. The number of benzene rings is 2. The summed E-state index contributed by atoms with van der Waals surface area (Å²) in [4.78, 5) is 53.1. The van der Waals surface area contributed by atoms with Crippen LogP contribution in [0.5, 0.6) is 17.2 Å². The molecule has 2 atom stereocenters. The van der Waals surface area contributed by atoms with E-state index >= 15 is 0 Å². The third-order valence-electron chi connectivity index (χ3n) is 7.00. The van der Waals surface area contributed by atoms with E-state index in [2.05, 4.69) is 10.2 Å². The van der Waals surface area contributed by atoms with E-state index in [-0.39, 0.29) is 59.5 Å². The molecule has 0 radical (unpaired) electrons. The molecule has 0 aliphatic heterocycles. The molecule has 0 spiro atoms. The monoisotopic (exact) mass is 566 g/mol. The summed E-state index contributed by atoms with van der Waals surface area (Å²) in [5, 5.41) is 12.6. The highest BCUT2D eigenvalue weighted by Gasteiger charge is 2.38. The van der Waals surface area contributed by atoms with Crippen LogP contribution < -0.4 is 19.5 Å². The number of rotatable bonds is 9. The van der Waals surface area contributed by atoms with E-state index in [1.165, 1.54) is 40.4 Å². The van der Waals surface area contributed by atoms with Crippen LogP contribution in [0, 0.1) is 16.0 Å². The zero-order valence-corrected chi connectivity index (χ0v) is 23.1. The molecule has 2 aromatic rings. The fraction of sp³-hybridized carbons (Fsp3) is 0.345. The molecule has 1 unspecified atom stereocenters. The molecule has 2 aromatic carbocycles. The maximum absolute atomic E-state index is 13.1. The van der Waals surface area contributed by atoms with Crippen molar-refractivity contribution < 1.29 is 43.3 Å². The summed E-state index contributed by atoms with van der Waals surface area (Å²) >= 11 is 0. The molecule has 41 heavy (non-hydrogen) atoms. The summed E-state index contributed by atoms with van der Waals surface area (Å²) < 4.78 is 22.5. The average Bonchev–Trinajstić information content (AvgIpc) is 3.19. The molecule has 0 aromatic heterocycles. The second-order valence-corrected chi connectivity index (χ2v) is 9.50. The number of nitrogens with zero attached hydrogens (tertiary/aromatic N) is 1. The third-order valence-corrected chi connectivity index (χ3v) is 7.00. The number of ether oxygens (including phenoxy) is 4. The zero-order valence-electron chi connectivity index (χ0n) is 23.1. The van der Waals surface area contributed by atoms with Gasteiger partial charge in [0, 0.05) is 30.9 Å². The normalized spacial score (nSPS) is 17.8. The Morgan fingerprint density at radius 1 is 1.07 bits per heavy atom. The number of Topliss-reactive ketones (excluding diaryl/α,β-unsaturated/α-hetero) is 1. The third kappa shape index (κ3) is 6.32. The molecule has 2 aliphatic rings. The standard InChI is InChI=1S/C29H30N2O10/c1-16(32)30-22-10-8-18-13-25(41-29(34)19-7-5-6-17(12-19)15-40-31(35)36)27(38-3)28(39-4)26(18)20-9-11-24(37-2)23(33)14-21(20)22/h5-7,9,11-13,21-22H,8,10,14-15H2,1-4H3,(H,30,32)/t21?,22-/m0/s1. The lowest BCUT2D eigenvalue weighted by Crippen LogP contribution is -2.40. The lowest BCUT2D eigenvalue weighted by Gasteiger charge is -2.27. The Balaban J connectivity index is 1.78. The molecule has 12 nitrogen and oxygen atoms in total. The van der Waals surface area contributed by atoms with Crippen molar-refractivity contribution in [3.63, 3.8) is 0 Å². The molecule has 0 saturated carbocycles. The van der Waals surface area contributed by atoms with Crippen molar-refractivity contribution in [2.75, 3.05) is 21.3 Å². The minimum atomic E-state index is -0.912. The fourth-order valence-corrected chi connectivity index (χ4v) is 5.27. The Morgan fingerprint density at radius 3 is 2.49 bits per heavy atom. The van der Waals surface area contributed by atoms with Crippen LogP contribution in [0.4, 0.5) is 0 Å². The number of methoxy groups -OCH3 is 3. The van der Waals surface area contributed by atoms with E-state index in [1.807, 2.05) is 0 Å². The van der Waals surface area contributed by atoms with Crippen LogP contribution in [-0.4, -0.2) is 50.1 Å². The first-order chi connectivity index (χ1) is 19.7. The molecule has 1 amide bonds. The lowest BCUT2D eigenvalue weighted by molar-refractivity contribution is -0.763. The van der Waals surface area contributed by atoms with Gasteiger partial charge in [0.05, 0.1) is 26.9 Å². The van der Waals surface area contributed by atoms with Crippen molar-refractivity contribution in [1.82, 2.24) is 5.32 Å². The summed E-state index contributed by atoms with van der Waals surface area (Å²) in [6.45, 7) is 1.11. The van der Waals surface area contributed by atoms with Gasteiger partial charge < -0.3 is 29.1 Å². The van der Waals surface area contributed by atoms with Crippen LogP contribution in [0.15, 0.2) is 48.2 Å². The Kier molecular flexibility index (Phi) is 8.91. The van der Waals surface area contributed by atoms with E-state index in [0.717, 1.165) is 11.1 Å². The zero-order chi connectivity index (χ0) is 29.7. The van der Waals surface area contributed by atoms with Crippen LogP contribution in [0.3, 0.4) is 0 Å². The first-order valence-electron chi connectivity index (χ1n) is 12.8. The van der Waals surface area contributed by atoms with Crippen LogP contribution in [-0.2, 0) is 32.2 Å². The van der Waals surface area contributed by atoms with E-state index < -0.39 is 11.1 Å². The van der Waals surface area contributed by atoms with Gasteiger partial charge in [-0.25, -0.2) is 4.79 Å². The van der Waals surface area contributed by atoms with Crippen molar-refractivity contribution in [2.24, 2.45) is 5.92 Å². The summed E-state index contributed by atoms with van der Waals surface area (Å²) in [5.74, 6) is -0.731. The minimum Gasteiger partial charge on any atom is -0.493 e. The molecule has 2 aliphatic carbocycles. The van der Waals surface area contributed by atoms with Crippen LogP contribution >= 0.6 is 0 Å². The number of carbonyl (C=O) groups excluding carboxylic acids is 3. The predicted octanol–water partition coefficient (Wildman–Crippen LogP) is 3.58. The number of allylic oxidation sites excluding steroid dienone is 3. The molecule has 0 bridgehead atoms. The maximum Gasteiger partial charge on any atom is 0.343 e. The smallest absolute Gasteiger partial charge is 0.343 e. The largest absolute Gasteiger partial charge is 0.493 e. The van der Waals surface area contributed by atoms with Gasteiger partial charge in [-0.15, -0.1) is 10.1 Å². The number of carbonyl (C=O) groups is 3. The van der Waals surface area contributed by atoms with Crippen molar-refractivity contribution in [1.29, 1.82) is 0 Å². The highest BCUT2D eigenvalue weighted by atomic mass is 16.9. The van der Waals surface area contributed by atoms with Crippen LogP contribution in [0.25, 0.3) is 5.57 Å². The minimum absolute atomic E-state index is 0.105. The Labute approximate surface area is 236 Å². The second-order valence-electron chi connectivity index (χ2n) is 9.50. The highest BCUT2D eigenvalue weighted by molar-refractivity contribution is 5.98. The van der Waals surface area contributed by atoms with Crippen molar-refractivity contribution in [3.8, 4) is 17.2 Å². The van der Waals surface area contributed by atoms with E-state index in [4.69, 9.17) is 18.9 Å². The first kappa shape index (κ1) is 29.1. The molecule has 0 fully saturated rings. The number of nitrogens with one attached hydrogen (secondary N) is 1. The molecule has 0 saturated heterocycles. The molecular weight excluding hydrogens is 536 g/mol. The molecule has 1 N–H and O–H groups in total. The van der Waals surface area contributed by atoms with Crippen molar-refractivity contribution >= 4 is 23.2 Å². The summed E-state index contributed by atoms with van der Waals surface area (Å²) in [7, 11) is 4.31. The number of amides is 1. The number of hydrogen-bond acceptors (Lipinski definition) is 10. The molecule has 4 rings (SSSR count). The lowest BCUT2D eigenvalue weighted by atomic mass is 9.83. The van der Waals surface area contributed by atoms with Gasteiger partial charge in [-0.1, -0.05) is 18.2 Å². The number of ketones is 1. The van der Waals surface area contributed by atoms with Crippen LogP contribution in [0.2, 0.25) is 0 Å². The molecule has 216 valence electrons. The van der Waals surface area contributed by atoms with Gasteiger partial charge in [-0.2, -0.15) is 0 Å². The van der Waals surface area contributed by atoms with E-state index in [9.17, 15) is 24.5 Å². The van der Waals surface area contributed by atoms with Crippen molar-refractivity contribution in [3.05, 3.63) is 80.6 Å². The quantitative estimate of drug-likeness (QED) is 0.206. The second kappa shape index (κ2) is 12.5. The van der Waals surface area contributed by atoms with E-state index in [0.29, 0.717) is 29.7 Å². The number of hydrogen-bond donors (Lipinski definition) is 1. The molecule has 0 heterocycles. The molecular formula is C29H30N2O10. The Bertz CT molecular complexity index is 1450. The Morgan fingerprint density at radius 2 is 1.83 bits per heavy atom. The van der Waals surface area contributed by atoms with Crippen LogP contribution in [0.1, 0.15) is 46.8 Å². The number of fused-ring (bicyclic) bond motifs is 3. The molecule has 12 heteroatoms. The fourth-order valence-electron chi connectivity index (χ4n) is 5.27.